The molecule has 4 nitrogen and oxygen atoms in total. The molecule has 0 aromatic heterocycles. The van der Waals surface area contributed by atoms with Crippen molar-refractivity contribution in [1.82, 2.24) is 0 Å². The number of methoxy groups -OCH3 is 1. The maximum absolute atomic E-state index is 12.9. The zero-order chi connectivity index (χ0) is 18.1. The van der Waals surface area contributed by atoms with Gasteiger partial charge >= 0.3 is 0 Å². The fourth-order valence-electron chi connectivity index (χ4n) is 2.88. The van der Waals surface area contributed by atoms with E-state index in [0.717, 1.165) is 16.9 Å². The van der Waals surface area contributed by atoms with Crippen LogP contribution in [-0.4, -0.2) is 23.9 Å². The molecule has 0 N–H and O–H groups in total. The van der Waals surface area contributed by atoms with E-state index in [1.807, 2.05) is 60.7 Å². The fraction of sp³-hybridized carbons (Fsp3) is 0.100. The van der Waals surface area contributed by atoms with Crippen molar-refractivity contribution in [2.75, 3.05) is 18.6 Å². The topological polar surface area (TPSA) is 38.8 Å². The molecule has 1 amide bonds. The molecule has 2 aliphatic heterocycles. The Hall–Kier alpha value is -2.57. The summed E-state index contributed by atoms with van der Waals surface area (Å²) in [5, 5.41) is 0. The average Bonchev–Trinajstić information content (AvgIpc) is 2.94. The molecule has 0 bridgehead atoms. The zero-order valence-corrected chi connectivity index (χ0v) is 15.6. The number of anilines is 1. The van der Waals surface area contributed by atoms with Crippen molar-refractivity contribution < 1.29 is 14.3 Å². The SMILES string of the molecule is COc1ccccc1N1C(=O)/C(=C/C2=Cc3ccccc3OC2)SC1=S. The molecule has 4 rings (SSSR count). The van der Waals surface area contributed by atoms with Gasteiger partial charge in [0.25, 0.3) is 5.91 Å². The minimum atomic E-state index is -0.149. The number of nitrogens with zero attached hydrogens (tertiary/aromatic N) is 1. The largest absolute Gasteiger partial charge is 0.495 e. The zero-order valence-electron chi connectivity index (χ0n) is 14.0. The lowest BCUT2D eigenvalue weighted by Gasteiger charge is -2.17. The van der Waals surface area contributed by atoms with Gasteiger partial charge in [0.05, 0.1) is 17.7 Å². The van der Waals surface area contributed by atoms with Gasteiger partial charge in [0.1, 0.15) is 18.1 Å². The van der Waals surface area contributed by atoms with Crippen LogP contribution in [0.4, 0.5) is 5.69 Å². The summed E-state index contributed by atoms with van der Waals surface area (Å²) in [5.74, 6) is 1.31. The van der Waals surface area contributed by atoms with E-state index >= 15 is 0 Å². The number of fused-ring (bicyclic) bond motifs is 1. The molecule has 2 heterocycles. The number of benzene rings is 2. The molecule has 26 heavy (non-hydrogen) atoms. The van der Waals surface area contributed by atoms with Gasteiger partial charge in [0, 0.05) is 5.56 Å². The van der Waals surface area contributed by atoms with Crippen LogP contribution in [0.3, 0.4) is 0 Å². The molecular formula is C20H15NO3S2. The van der Waals surface area contributed by atoms with Crippen LogP contribution in [-0.2, 0) is 4.79 Å². The number of carbonyl (C=O) groups is 1. The van der Waals surface area contributed by atoms with Crippen molar-refractivity contribution in [2.45, 2.75) is 0 Å². The van der Waals surface area contributed by atoms with Crippen molar-refractivity contribution >= 4 is 46.0 Å². The number of para-hydroxylation sites is 3. The molecule has 6 heteroatoms. The summed E-state index contributed by atoms with van der Waals surface area (Å²) in [7, 11) is 1.58. The molecule has 0 radical (unpaired) electrons. The third-order valence-corrected chi connectivity index (χ3v) is 5.39. The molecule has 1 fully saturated rings. The predicted molar refractivity (Wildman–Crippen MR) is 109 cm³/mol. The summed E-state index contributed by atoms with van der Waals surface area (Å²) in [4.78, 5) is 15.0. The van der Waals surface area contributed by atoms with Crippen LogP contribution in [0.1, 0.15) is 5.56 Å². The van der Waals surface area contributed by atoms with Crippen molar-refractivity contribution in [3.8, 4) is 11.5 Å². The molecule has 0 atom stereocenters. The predicted octanol–water partition coefficient (Wildman–Crippen LogP) is 4.42. The van der Waals surface area contributed by atoms with Gasteiger partial charge in [-0.15, -0.1) is 0 Å². The van der Waals surface area contributed by atoms with Crippen LogP contribution in [0, 0.1) is 0 Å². The first kappa shape index (κ1) is 16.9. The average molecular weight is 381 g/mol. The molecule has 0 aliphatic carbocycles. The highest BCUT2D eigenvalue weighted by Crippen LogP contribution is 2.40. The lowest BCUT2D eigenvalue weighted by molar-refractivity contribution is -0.113. The maximum atomic E-state index is 12.9. The monoisotopic (exact) mass is 381 g/mol. The Balaban J connectivity index is 1.66. The molecule has 2 aromatic rings. The second-order valence-corrected chi connectivity index (χ2v) is 7.41. The van der Waals surface area contributed by atoms with E-state index in [2.05, 4.69) is 0 Å². The summed E-state index contributed by atoms with van der Waals surface area (Å²) in [6, 6.07) is 15.2. The highest BCUT2D eigenvalue weighted by Gasteiger charge is 2.35. The number of amides is 1. The van der Waals surface area contributed by atoms with E-state index < -0.39 is 0 Å². The van der Waals surface area contributed by atoms with Crippen LogP contribution < -0.4 is 14.4 Å². The van der Waals surface area contributed by atoms with Crippen molar-refractivity contribution in [3.05, 3.63) is 70.6 Å². The first-order valence-corrected chi connectivity index (χ1v) is 9.23. The van der Waals surface area contributed by atoms with E-state index in [9.17, 15) is 4.79 Å². The molecule has 2 aromatic carbocycles. The highest BCUT2D eigenvalue weighted by atomic mass is 32.2. The van der Waals surface area contributed by atoms with E-state index in [1.165, 1.54) is 16.7 Å². The van der Waals surface area contributed by atoms with Crippen molar-refractivity contribution in [2.24, 2.45) is 0 Å². The van der Waals surface area contributed by atoms with Crippen molar-refractivity contribution in [3.63, 3.8) is 0 Å². The number of hydrogen-bond donors (Lipinski definition) is 0. The number of thiocarbonyl (C=S) groups is 1. The van der Waals surface area contributed by atoms with Crippen LogP contribution >= 0.6 is 24.0 Å². The van der Waals surface area contributed by atoms with Crippen molar-refractivity contribution in [1.29, 1.82) is 0 Å². The third-order valence-electron chi connectivity index (χ3n) is 4.09. The van der Waals surface area contributed by atoms with E-state index in [-0.39, 0.29) is 5.91 Å². The maximum Gasteiger partial charge on any atom is 0.270 e. The minimum absolute atomic E-state index is 0.149. The van der Waals surface area contributed by atoms with Crippen LogP contribution in [0.15, 0.2) is 65.1 Å². The standard InChI is InChI=1S/C20H15NO3S2/c1-23-17-9-5-3-7-15(17)21-19(22)18(26-20(21)25)11-13-10-14-6-2-4-8-16(14)24-12-13/h2-11H,12H2,1H3/b18-11-. The molecule has 2 aliphatic rings. The second kappa shape index (κ2) is 6.97. The number of rotatable bonds is 3. The first-order chi connectivity index (χ1) is 12.7. The normalized spacial score (nSPS) is 17.8. The molecule has 1 saturated heterocycles. The van der Waals surface area contributed by atoms with E-state index in [1.54, 1.807) is 7.11 Å². The number of thioether (sulfide) groups is 1. The lowest BCUT2D eigenvalue weighted by Crippen LogP contribution is -2.28. The van der Waals surface area contributed by atoms with Gasteiger partial charge in [0.15, 0.2) is 4.32 Å². The summed E-state index contributed by atoms with van der Waals surface area (Å²) in [6.45, 7) is 0.426. The molecule has 0 spiro atoms. The Labute approximate surface area is 161 Å². The summed E-state index contributed by atoms with van der Waals surface area (Å²) >= 11 is 6.72. The Morgan fingerprint density at radius 1 is 1.19 bits per heavy atom. The number of ether oxygens (including phenoxy) is 2. The Morgan fingerprint density at radius 3 is 2.81 bits per heavy atom. The highest BCUT2D eigenvalue weighted by molar-refractivity contribution is 8.27. The van der Waals surface area contributed by atoms with Gasteiger partial charge in [-0.1, -0.05) is 54.3 Å². The minimum Gasteiger partial charge on any atom is -0.495 e. The lowest BCUT2D eigenvalue weighted by atomic mass is 10.1. The molecule has 0 saturated carbocycles. The van der Waals surface area contributed by atoms with Gasteiger partial charge in [0.2, 0.25) is 0 Å². The Bertz CT molecular complexity index is 965. The molecule has 130 valence electrons. The quantitative estimate of drug-likeness (QED) is 0.581. The second-order valence-electron chi connectivity index (χ2n) is 5.73. The number of hydrogen-bond acceptors (Lipinski definition) is 5. The Morgan fingerprint density at radius 2 is 1.96 bits per heavy atom. The fourth-order valence-corrected chi connectivity index (χ4v) is 4.18. The molecule has 0 unspecified atom stereocenters. The summed E-state index contributed by atoms with van der Waals surface area (Å²) in [6.07, 6.45) is 3.89. The smallest absolute Gasteiger partial charge is 0.270 e. The van der Waals surface area contributed by atoms with Crippen LogP contribution in [0.25, 0.3) is 6.08 Å². The van der Waals surface area contributed by atoms with Crippen LogP contribution in [0.2, 0.25) is 0 Å². The summed E-state index contributed by atoms with van der Waals surface area (Å²) in [5.41, 5.74) is 2.59. The van der Waals surface area contributed by atoms with Gasteiger partial charge < -0.3 is 9.47 Å². The van der Waals surface area contributed by atoms with Crippen LogP contribution in [0.5, 0.6) is 11.5 Å². The van der Waals surface area contributed by atoms with Gasteiger partial charge in [-0.05, 0) is 35.9 Å². The van der Waals surface area contributed by atoms with Gasteiger partial charge in [-0.25, -0.2) is 0 Å². The third kappa shape index (κ3) is 3.02. The van der Waals surface area contributed by atoms with Gasteiger partial charge in [-0.2, -0.15) is 0 Å². The number of carbonyl (C=O) groups excluding carboxylic acids is 1. The van der Waals surface area contributed by atoms with E-state index in [0.29, 0.717) is 27.3 Å². The first-order valence-electron chi connectivity index (χ1n) is 8.01. The van der Waals surface area contributed by atoms with Gasteiger partial charge in [-0.3, -0.25) is 9.69 Å². The van der Waals surface area contributed by atoms with E-state index in [4.69, 9.17) is 21.7 Å². The summed E-state index contributed by atoms with van der Waals surface area (Å²) < 4.78 is 11.6. The Kier molecular flexibility index (Phi) is 4.53. The molecular weight excluding hydrogens is 366 g/mol.